The summed E-state index contributed by atoms with van der Waals surface area (Å²) in [4.78, 5) is 39.9. The van der Waals surface area contributed by atoms with E-state index in [2.05, 4.69) is 9.98 Å². The summed E-state index contributed by atoms with van der Waals surface area (Å²) in [5.74, 6) is -0.870. The number of ether oxygens (including phenoxy) is 1. The third-order valence-corrected chi connectivity index (χ3v) is 3.67. The topological polar surface area (TPSA) is 164 Å². The van der Waals surface area contributed by atoms with Gasteiger partial charge >= 0.3 is 17.7 Å². The molecule has 2 aromatic heterocycles. The minimum absolute atomic E-state index is 0.155. The number of unbranched alkanes of at least 4 members (excludes halogenated alkanes) is 1. The van der Waals surface area contributed by atoms with Crippen LogP contribution in [0.1, 0.15) is 30.8 Å². The molecule has 0 fully saturated rings. The lowest BCUT2D eigenvalue weighted by molar-refractivity contribution is -0.402. The second kappa shape index (κ2) is 10.5. The van der Waals surface area contributed by atoms with Crippen LogP contribution in [0.5, 0.6) is 0 Å². The number of nitrogens with zero attached hydrogens (tertiary/aromatic N) is 4. The fourth-order valence-electron chi connectivity index (χ4n) is 2.27. The van der Waals surface area contributed by atoms with Crippen molar-refractivity contribution in [2.45, 2.75) is 25.3 Å². The van der Waals surface area contributed by atoms with Crippen molar-refractivity contribution < 1.29 is 28.2 Å². The molecule has 0 aliphatic rings. The Morgan fingerprint density at radius 1 is 1.07 bits per heavy atom. The van der Waals surface area contributed by atoms with Crippen LogP contribution < -0.4 is 0 Å². The first kappa shape index (κ1) is 21.5. The van der Waals surface area contributed by atoms with E-state index in [9.17, 15) is 25.0 Å². The van der Waals surface area contributed by atoms with Crippen molar-refractivity contribution in [3.05, 3.63) is 56.0 Å². The second-order valence-electron chi connectivity index (χ2n) is 5.71. The van der Waals surface area contributed by atoms with Crippen LogP contribution in [0.3, 0.4) is 0 Å². The Kier molecular flexibility index (Phi) is 7.77. The monoisotopic (exact) mass is 406 g/mol. The second-order valence-corrected chi connectivity index (χ2v) is 5.71. The molecule has 1 unspecified atom stereocenters. The molecule has 0 amide bonds. The molecule has 0 radical (unpaired) electrons. The van der Waals surface area contributed by atoms with Crippen LogP contribution in [-0.2, 0) is 9.53 Å². The van der Waals surface area contributed by atoms with Crippen LogP contribution in [0.4, 0.5) is 11.8 Å². The van der Waals surface area contributed by atoms with E-state index in [0.717, 1.165) is 0 Å². The lowest BCUT2D eigenvalue weighted by atomic mass is 10.1. The van der Waals surface area contributed by atoms with Gasteiger partial charge in [0.2, 0.25) is 0 Å². The van der Waals surface area contributed by atoms with Gasteiger partial charge in [0, 0.05) is 6.54 Å². The van der Waals surface area contributed by atoms with Gasteiger partial charge in [-0.2, -0.15) is 0 Å². The molecule has 29 heavy (non-hydrogen) atoms. The number of carbonyl (C=O) groups is 1. The van der Waals surface area contributed by atoms with Crippen LogP contribution in [0.15, 0.2) is 43.1 Å². The zero-order chi connectivity index (χ0) is 21.2. The van der Waals surface area contributed by atoms with Gasteiger partial charge in [-0.05, 0) is 31.4 Å². The van der Waals surface area contributed by atoms with E-state index in [0.29, 0.717) is 25.8 Å². The Morgan fingerprint density at radius 3 is 2.17 bits per heavy atom. The van der Waals surface area contributed by atoms with Crippen LogP contribution in [0.2, 0.25) is 0 Å². The van der Waals surface area contributed by atoms with Crippen molar-refractivity contribution >= 4 is 30.2 Å². The van der Waals surface area contributed by atoms with Gasteiger partial charge in [0.25, 0.3) is 0 Å². The third kappa shape index (κ3) is 6.68. The summed E-state index contributed by atoms with van der Waals surface area (Å²) >= 11 is 0. The van der Waals surface area contributed by atoms with Crippen molar-refractivity contribution in [3.63, 3.8) is 0 Å². The predicted molar refractivity (Wildman–Crippen MR) is 100 cm³/mol. The molecule has 2 heterocycles. The number of hydrogen-bond acceptors (Lipinski definition) is 10. The molecule has 0 saturated carbocycles. The number of carbonyl (C=O) groups excluding carboxylic acids is 1. The molecule has 12 heteroatoms. The molecule has 0 aliphatic heterocycles. The highest BCUT2D eigenvalue weighted by molar-refractivity contribution is 5.82. The lowest BCUT2D eigenvalue weighted by Crippen LogP contribution is -2.20. The summed E-state index contributed by atoms with van der Waals surface area (Å²) in [6, 6.07) is 4.49. The van der Waals surface area contributed by atoms with Crippen molar-refractivity contribution in [3.8, 4) is 0 Å². The highest BCUT2D eigenvalue weighted by atomic mass is 16.7. The number of esters is 1. The van der Waals surface area contributed by atoms with Crippen molar-refractivity contribution in [2.75, 3.05) is 13.7 Å². The molecule has 0 aromatic carbocycles. The van der Waals surface area contributed by atoms with E-state index in [4.69, 9.17) is 13.6 Å². The largest absolute Gasteiger partial charge is 0.467 e. The summed E-state index contributed by atoms with van der Waals surface area (Å²) in [7, 11) is 1.25. The maximum absolute atomic E-state index is 11.8. The zero-order valence-electron chi connectivity index (χ0n) is 15.4. The number of hydrogen-bond donors (Lipinski definition) is 0. The summed E-state index contributed by atoms with van der Waals surface area (Å²) in [5.41, 5.74) is 0. The molecule has 0 bridgehead atoms. The minimum Gasteiger partial charge on any atom is -0.467 e. The van der Waals surface area contributed by atoms with Gasteiger partial charge in [0.15, 0.2) is 11.5 Å². The molecule has 12 nitrogen and oxygen atoms in total. The number of methoxy groups -OCH3 is 1. The van der Waals surface area contributed by atoms with Gasteiger partial charge in [-0.3, -0.25) is 30.2 Å². The Bertz CT molecular complexity index is 914. The van der Waals surface area contributed by atoms with E-state index in [1.165, 1.54) is 43.8 Å². The molecular weight excluding hydrogens is 388 g/mol. The molecule has 154 valence electrons. The molecule has 0 spiro atoms. The minimum atomic E-state index is -0.777. The van der Waals surface area contributed by atoms with Gasteiger partial charge in [-0.25, -0.2) is 4.79 Å². The maximum Gasteiger partial charge on any atom is 0.433 e. The Balaban J connectivity index is 1.81. The molecule has 2 aromatic rings. The quantitative estimate of drug-likeness (QED) is 0.181. The van der Waals surface area contributed by atoms with Gasteiger partial charge in [-0.1, -0.05) is 0 Å². The standard InChI is InChI=1S/C17H18N4O8/c1-27-17(22)14(19-11-13-6-8-16(29-13)21(25)26)4-2-3-9-18-10-12-5-7-15(28-12)20(23)24/h5-8,10-11,14H,2-4,9H2,1H3. The average Bonchev–Trinajstić information content (AvgIpc) is 3.36. The molecule has 0 saturated heterocycles. The fraction of sp³-hybridized carbons (Fsp3) is 0.353. The summed E-state index contributed by atoms with van der Waals surface area (Å²) in [6.45, 7) is 0.427. The predicted octanol–water partition coefficient (Wildman–Crippen LogP) is 2.94. The maximum atomic E-state index is 11.8. The normalized spacial score (nSPS) is 12.4. The van der Waals surface area contributed by atoms with Gasteiger partial charge in [0.05, 0.1) is 31.7 Å². The van der Waals surface area contributed by atoms with Crippen molar-refractivity contribution in [1.82, 2.24) is 0 Å². The third-order valence-electron chi connectivity index (χ3n) is 3.67. The summed E-state index contributed by atoms with van der Waals surface area (Å²) < 4.78 is 14.6. The fourth-order valence-corrected chi connectivity index (χ4v) is 2.27. The van der Waals surface area contributed by atoms with Crippen LogP contribution in [-0.4, -0.2) is 47.9 Å². The summed E-state index contributed by atoms with van der Waals surface area (Å²) in [5, 5.41) is 21.1. The molecule has 2 rings (SSSR count). The first-order chi connectivity index (χ1) is 13.9. The number of furan rings is 2. The molecule has 0 aliphatic carbocycles. The van der Waals surface area contributed by atoms with E-state index in [-0.39, 0.29) is 17.4 Å². The number of nitro groups is 2. The number of aliphatic imine (C=N–C) groups is 2. The van der Waals surface area contributed by atoms with Crippen molar-refractivity contribution in [1.29, 1.82) is 0 Å². The van der Waals surface area contributed by atoms with E-state index in [1.54, 1.807) is 0 Å². The highest BCUT2D eigenvalue weighted by Crippen LogP contribution is 2.15. The van der Waals surface area contributed by atoms with Gasteiger partial charge in [0.1, 0.15) is 15.9 Å². The van der Waals surface area contributed by atoms with E-state index >= 15 is 0 Å². The SMILES string of the molecule is COC(=O)C(CCCCN=Cc1ccc([N+](=O)[O-])o1)N=Cc1ccc([N+](=O)[O-])o1. The number of rotatable bonds is 11. The first-order valence-electron chi connectivity index (χ1n) is 8.50. The van der Waals surface area contributed by atoms with Gasteiger partial charge in [-0.15, -0.1) is 0 Å². The van der Waals surface area contributed by atoms with Crippen LogP contribution in [0, 0.1) is 20.2 Å². The Morgan fingerprint density at radius 2 is 1.66 bits per heavy atom. The average molecular weight is 406 g/mol. The molecular formula is C17H18N4O8. The first-order valence-corrected chi connectivity index (χ1v) is 8.50. The smallest absolute Gasteiger partial charge is 0.433 e. The van der Waals surface area contributed by atoms with Crippen LogP contribution >= 0.6 is 0 Å². The lowest BCUT2D eigenvalue weighted by Gasteiger charge is -2.09. The summed E-state index contributed by atoms with van der Waals surface area (Å²) in [6.07, 6.45) is 4.26. The van der Waals surface area contributed by atoms with E-state index < -0.39 is 27.7 Å². The van der Waals surface area contributed by atoms with Gasteiger partial charge < -0.3 is 13.6 Å². The molecule has 1 atom stereocenters. The van der Waals surface area contributed by atoms with Crippen LogP contribution in [0.25, 0.3) is 0 Å². The zero-order valence-corrected chi connectivity index (χ0v) is 15.4. The Labute approximate surface area is 164 Å². The molecule has 0 N–H and O–H groups in total. The van der Waals surface area contributed by atoms with Crippen molar-refractivity contribution in [2.24, 2.45) is 9.98 Å². The highest BCUT2D eigenvalue weighted by Gasteiger charge is 2.17. The van der Waals surface area contributed by atoms with E-state index in [1.807, 2.05) is 0 Å². The Hall–Kier alpha value is -3.83.